The number of aryl methyl sites for hydroxylation is 1. The normalized spacial score (nSPS) is 13.5. The van der Waals surface area contributed by atoms with E-state index in [1.165, 1.54) is 19.2 Å². The summed E-state index contributed by atoms with van der Waals surface area (Å²) in [5.74, 6) is -3.32. The third-order valence-corrected chi connectivity index (χ3v) is 6.76. The summed E-state index contributed by atoms with van der Waals surface area (Å²) in [5.41, 5.74) is -0.116. The van der Waals surface area contributed by atoms with Crippen LogP contribution < -0.4 is 0 Å². The Bertz CT molecular complexity index is 938. The predicted molar refractivity (Wildman–Crippen MR) is 126 cm³/mol. The molecule has 0 aliphatic heterocycles. The molecular weight excluding hydrogens is 480 g/mol. The van der Waals surface area contributed by atoms with Gasteiger partial charge in [-0.1, -0.05) is 24.6 Å². The molecule has 1 aromatic carbocycles. The largest absolute Gasteiger partial charge is 0.469 e. The molecule has 0 amide bonds. The average molecular weight is 517 g/mol. The number of rotatable bonds is 15. The second kappa shape index (κ2) is 14.2. The van der Waals surface area contributed by atoms with E-state index in [-0.39, 0.29) is 44.2 Å². The summed E-state index contributed by atoms with van der Waals surface area (Å²) in [4.78, 5) is 37.3. The van der Waals surface area contributed by atoms with E-state index >= 15 is 0 Å². The first-order valence-corrected chi connectivity index (χ1v) is 12.8. The van der Waals surface area contributed by atoms with E-state index in [4.69, 9.17) is 23.5 Å². The van der Waals surface area contributed by atoms with Crippen molar-refractivity contribution in [2.45, 2.75) is 51.9 Å². The Hall–Kier alpha value is -2.50. The van der Waals surface area contributed by atoms with Crippen LogP contribution in [0.4, 0.5) is 0 Å². The van der Waals surface area contributed by atoms with E-state index < -0.39 is 45.3 Å². The molecule has 0 radical (unpaired) electrons. The molecule has 35 heavy (non-hydrogen) atoms. The first kappa shape index (κ1) is 30.5. The van der Waals surface area contributed by atoms with Gasteiger partial charge in [-0.3, -0.25) is 18.6 Å². The van der Waals surface area contributed by atoms with E-state index in [1.807, 2.05) is 6.92 Å². The highest BCUT2D eigenvalue weighted by molar-refractivity contribution is 7.86. The third kappa shape index (κ3) is 9.95. The van der Waals surface area contributed by atoms with Gasteiger partial charge < -0.3 is 19.3 Å². The van der Waals surface area contributed by atoms with Crippen LogP contribution in [0.5, 0.6) is 0 Å². The molecule has 0 fully saturated rings. The molecule has 0 aromatic heterocycles. The molecule has 10 nitrogen and oxygen atoms in total. The van der Waals surface area contributed by atoms with Crippen LogP contribution in [0.2, 0.25) is 0 Å². The predicted octanol–water partition coefficient (Wildman–Crippen LogP) is 2.40. The number of carbonyl (C=O) groups excluding carboxylic acids is 3. The molecule has 0 aliphatic carbocycles. The van der Waals surface area contributed by atoms with Crippen molar-refractivity contribution in [3.63, 3.8) is 0 Å². The number of benzene rings is 1. The summed E-state index contributed by atoms with van der Waals surface area (Å²) in [5, 5.41) is 8.95. The number of ether oxygens (including phenoxy) is 3. The van der Waals surface area contributed by atoms with Gasteiger partial charge in [-0.2, -0.15) is 8.42 Å². The number of aliphatic hydroxyl groups is 1. The minimum absolute atomic E-state index is 0.00156. The van der Waals surface area contributed by atoms with E-state index in [0.29, 0.717) is 6.42 Å². The van der Waals surface area contributed by atoms with E-state index in [2.05, 4.69) is 0 Å². The van der Waals surface area contributed by atoms with Gasteiger partial charge in [-0.25, -0.2) is 0 Å². The van der Waals surface area contributed by atoms with Gasteiger partial charge in [0.25, 0.3) is 10.1 Å². The Kier molecular flexibility index (Phi) is 12.3. The SMILES string of the molecule is CCC(CC(CC(C)(C)C(=O)OC)C(=O)OCCO)C(=O)OCCOS(=O)(=O)c1ccc(C)cc1. The Morgan fingerprint density at radius 3 is 2.09 bits per heavy atom. The molecule has 2 atom stereocenters. The number of aliphatic hydroxyl groups excluding tert-OH is 1. The van der Waals surface area contributed by atoms with Crippen LogP contribution in [0.15, 0.2) is 29.2 Å². The number of esters is 3. The van der Waals surface area contributed by atoms with Crippen molar-refractivity contribution in [3.8, 4) is 0 Å². The molecule has 0 bridgehead atoms. The lowest BCUT2D eigenvalue weighted by molar-refractivity contribution is -0.158. The second-order valence-electron chi connectivity index (χ2n) is 8.77. The molecule has 0 heterocycles. The lowest BCUT2D eigenvalue weighted by Crippen LogP contribution is -2.34. The van der Waals surface area contributed by atoms with Gasteiger partial charge in [0, 0.05) is 0 Å². The quantitative estimate of drug-likeness (QED) is 0.160. The van der Waals surface area contributed by atoms with Crippen LogP contribution in [0.1, 0.15) is 45.6 Å². The van der Waals surface area contributed by atoms with E-state index in [0.717, 1.165) is 5.56 Å². The molecule has 1 aromatic rings. The molecule has 0 aliphatic rings. The second-order valence-corrected chi connectivity index (χ2v) is 10.4. The van der Waals surface area contributed by atoms with Crippen LogP contribution in [-0.4, -0.2) is 65.0 Å². The summed E-state index contributed by atoms with van der Waals surface area (Å²) in [6, 6.07) is 6.14. The Labute approximate surface area is 207 Å². The van der Waals surface area contributed by atoms with E-state index in [9.17, 15) is 22.8 Å². The van der Waals surface area contributed by atoms with Crippen LogP contribution in [0.3, 0.4) is 0 Å². The summed E-state index contributed by atoms with van der Waals surface area (Å²) in [6.45, 7) is 5.58. The fraction of sp³-hybridized carbons (Fsp3) is 0.625. The molecule has 0 saturated heterocycles. The number of hydrogen-bond donors (Lipinski definition) is 1. The first-order valence-electron chi connectivity index (χ1n) is 11.4. The zero-order valence-electron chi connectivity index (χ0n) is 20.9. The first-order chi connectivity index (χ1) is 16.4. The van der Waals surface area contributed by atoms with Crippen molar-refractivity contribution in [2.75, 3.05) is 33.5 Å². The average Bonchev–Trinajstić information content (AvgIpc) is 2.82. The van der Waals surface area contributed by atoms with Crippen LogP contribution in [0.25, 0.3) is 0 Å². The highest BCUT2D eigenvalue weighted by atomic mass is 32.2. The van der Waals surface area contributed by atoms with Crippen molar-refractivity contribution >= 4 is 28.0 Å². The van der Waals surface area contributed by atoms with Crippen LogP contribution >= 0.6 is 0 Å². The number of carbonyl (C=O) groups is 3. The minimum Gasteiger partial charge on any atom is -0.469 e. The lowest BCUT2D eigenvalue weighted by Gasteiger charge is -2.28. The molecule has 1 N–H and O–H groups in total. The third-order valence-electron chi connectivity index (χ3n) is 5.43. The van der Waals surface area contributed by atoms with Gasteiger partial charge in [-0.15, -0.1) is 0 Å². The van der Waals surface area contributed by atoms with Crippen molar-refractivity contribution in [2.24, 2.45) is 17.3 Å². The summed E-state index contributed by atoms with van der Waals surface area (Å²) < 4.78 is 44.4. The maximum Gasteiger partial charge on any atom is 0.311 e. The molecule has 0 spiro atoms. The van der Waals surface area contributed by atoms with Crippen LogP contribution in [-0.2, 0) is 42.9 Å². The molecular formula is C24H36O10S. The molecule has 2 unspecified atom stereocenters. The van der Waals surface area contributed by atoms with Crippen molar-refractivity contribution < 1.29 is 46.3 Å². The van der Waals surface area contributed by atoms with Crippen molar-refractivity contribution in [3.05, 3.63) is 29.8 Å². The molecule has 198 valence electrons. The van der Waals surface area contributed by atoms with Gasteiger partial charge in [0.1, 0.15) is 19.8 Å². The fourth-order valence-corrected chi connectivity index (χ4v) is 4.35. The maximum absolute atomic E-state index is 12.6. The smallest absolute Gasteiger partial charge is 0.311 e. The Morgan fingerprint density at radius 1 is 0.971 bits per heavy atom. The Morgan fingerprint density at radius 2 is 1.54 bits per heavy atom. The number of hydrogen-bond acceptors (Lipinski definition) is 10. The van der Waals surface area contributed by atoms with Crippen molar-refractivity contribution in [1.82, 2.24) is 0 Å². The Balaban J connectivity index is 2.75. The van der Waals surface area contributed by atoms with Gasteiger partial charge in [0.05, 0.1) is 35.9 Å². The topological polar surface area (TPSA) is 142 Å². The monoisotopic (exact) mass is 516 g/mol. The summed E-state index contributed by atoms with van der Waals surface area (Å²) >= 11 is 0. The van der Waals surface area contributed by atoms with Crippen LogP contribution in [0, 0.1) is 24.2 Å². The summed E-state index contributed by atoms with van der Waals surface area (Å²) in [6.07, 6.45) is 0.442. The van der Waals surface area contributed by atoms with Crippen molar-refractivity contribution in [1.29, 1.82) is 0 Å². The van der Waals surface area contributed by atoms with Gasteiger partial charge in [0.2, 0.25) is 0 Å². The highest BCUT2D eigenvalue weighted by Crippen LogP contribution is 2.32. The molecule has 0 saturated carbocycles. The summed E-state index contributed by atoms with van der Waals surface area (Å²) in [7, 11) is -2.74. The lowest BCUT2D eigenvalue weighted by atomic mass is 9.78. The fourth-order valence-electron chi connectivity index (χ4n) is 3.45. The highest BCUT2D eigenvalue weighted by Gasteiger charge is 2.37. The molecule has 1 rings (SSSR count). The minimum atomic E-state index is -3.99. The molecule has 11 heteroatoms. The standard InChI is InChI=1S/C24H36O10S/c1-6-18(15-19(22(27)32-12-11-25)16-24(3,4)23(28)31-5)21(26)33-13-14-34-35(29,30)20-9-7-17(2)8-10-20/h7-10,18-19,25H,6,11-16H2,1-5H3. The zero-order valence-corrected chi connectivity index (χ0v) is 21.8. The van der Waals surface area contributed by atoms with E-state index in [1.54, 1.807) is 32.9 Å². The number of methoxy groups -OCH3 is 1. The van der Waals surface area contributed by atoms with Gasteiger partial charge >= 0.3 is 17.9 Å². The van der Waals surface area contributed by atoms with Gasteiger partial charge in [-0.05, 0) is 52.2 Å². The van der Waals surface area contributed by atoms with Gasteiger partial charge in [0.15, 0.2) is 0 Å². The zero-order chi connectivity index (χ0) is 26.6. The maximum atomic E-state index is 12.6.